The van der Waals surface area contributed by atoms with Crippen molar-refractivity contribution >= 4 is 0 Å². The Morgan fingerprint density at radius 3 is 2.36 bits per heavy atom. The maximum absolute atomic E-state index is 5.11. The molecule has 0 aromatic rings. The van der Waals surface area contributed by atoms with E-state index < -0.39 is 0 Å². The van der Waals surface area contributed by atoms with Crippen LogP contribution in [0, 0.1) is 5.41 Å². The van der Waals surface area contributed by atoms with Crippen LogP contribution in [0.5, 0.6) is 0 Å². The largest absolute Gasteiger partial charge is 0.380 e. The lowest BCUT2D eigenvalue weighted by Crippen LogP contribution is -2.00. The Bertz CT molecular complexity index is 226. The number of hydrogen-bond acceptors (Lipinski definition) is 1. The SMILES string of the molecule is CC=CC=C(C=CC(C)(C)C)COC. The molecule has 0 saturated heterocycles. The average molecular weight is 194 g/mol. The van der Waals surface area contributed by atoms with E-state index in [0.29, 0.717) is 6.61 Å². The highest BCUT2D eigenvalue weighted by Gasteiger charge is 2.03. The minimum atomic E-state index is 0.225. The number of allylic oxidation sites excluding steroid dienone is 4. The molecule has 0 N–H and O–H groups in total. The minimum absolute atomic E-state index is 0.225. The van der Waals surface area contributed by atoms with Crippen LogP contribution in [0.3, 0.4) is 0 Å². The van der Waals surface area contributed by atoms with Gasteiger partial charge in [-0.3, -0.25) is 0 Å². The fourth-order valence-corrected chi connectivity index (χ4v) is 0.895. The second-order valence-electron chi connectivity index (χ2n) is 4.40. The van der Waals surface area contributed by atoms with Crippen molar-refractivity contribution < 1.29 is 4.74 Å². The van der Waals surface area contributed by atoms with Crippen LogP contribution in [-0.4, -0.2) is 13.7 Å². The molecule has 0 bridgehead atoms. The van der Waals surface area contributed by atoms with Gasteiger partial charge < -0.3 is 4.74 Å². The number of rotatable bonds is 4. The Balaban J connectivity index is 4.45. The van der Waals surface area contributed by atoms with E-state index in [1.807, 2.05) is 19.1 Å². The van der Waals surface area contributed by atoms with E-state index in [9.17, 15) is 0 Å². The van der Waals surface area contributed by atoms with Gasteiger partial charge in [0.05, 0.1) is 6.61 Å². The predicted molar refractivity (Wildman–Crippen MR) is 63.4 cm³/mol. The normalized spacial score (nSPS) is 14.5. The molecule has 0 rings (SSSR count). The highest BCUT2D eigenvalue weighted by Crippen LogP contribution is 2.16. The average Bonchev–Trinajstić information content (AvgIpc) is 2.08. The van der Waals surface area contributed by atoms with E-state index in [1.54, 1.807) is 7.11 Å². The third kappa shape index (κ3) is 7.81. The molecular weight excluding hydrogens is 172 g/mol. The number of ether oxygens (including phenoxy) is 1. The van der Waals surface area contributed by atoms with Gasteiger partial charge in [-0.2, -0.15) is 0 Å². The molecule has 0 unspecified atom stereocenters. The van der Waals surface area contributed by atoms with Crippen LogP contribution in [0.2, 0.25) is 0 Å². The molecule has 0 radical (unpaired) electrons. The monoisotopic (exact) mass is 194 g/mol. The van der Waals surface area contributed by atoms with Crippen molar-refractivity contribution in [2.75, 3.05) is 13.7 Å². The van der Waals surface area contributed by atoms with E-state index in [-0.39, 0.29) is 5.41 Å². The van der Waals surface area contributed by atoms with Gasteiger partial charge in [0.15, 0.2) is 0 Å². The molecule has 0 aromatic carbocycles. The lowest BCUT2D eigenvalue weighted by Gasteiger charge is -2.11. The molecule has 14 heavy (non-hydrogen) atoms. The van der Waals surface area contributed by atoms with Crippen molar-refractivity contribution in [3.8, 4) is 0 Å². The Kier molecular flexibility index (Phi) is 6.22. The number of methoxy groups -OCH3 is 1. The Morgan fingerprint density at radius 1 is 1.29 bits per heavy atom. The standard InChI is InChI=1S/C13H22O/c1-6-7-8-12(11-14-5)9-10-13(2,3)4/h6-10H,11H2,1-5H3. The molecule has 0 saturated carbocycles. The molecule has 0 atom stereocenters. The highest BCUT2D eigenvalue weighted by molar-refractivity contribution is 5.25. The summed E-state index contributed by atoms with van der Waals surface area (Å²) in [7, 11) is 1.72. The lowest BCUT2D eigenvalue weighted by molar-refractivity contribution is 0.228. The van der Waals surface area contributed by atoms with Crippen LogP contribution in [0.15, 0.2) is 36.0 Å². The van der Waals surface area contributed by atoms with Crippen molar-refractivity contribution in [1.82, 2.24) is 0 Å². The molecule has 0 fully saturated rings. The maximum atomic E-state index is 5.11. The summed E-state index contributed by atoms with van der Waals surface area (Å²) in [5.41, 5.74) is 1.42. The van der Waals surface area contributed by atoms with Gasteiger partial charge in [-0.1, -0.05) is 51.2 Å². The Labute approximate surface area is 88.2 Å². The van der Waals surface area contributed by atoms with E-state index >= 15 is 0 Å². The molecule has 1 heteroatoms. The fraction of sp³-hybridized carbons (Fsp3) is 0.538. The van der Waals surface area contributed by atoms with E-state index in [1.165, 1.54) is 5.57 Å². The molecule has 0 spiro atoms. The zero-order valence-electron chi connectivity index (χ0n) is 10.0. The van der Waals surface area contributed by atoms with E-state index in [2.05, 4.69) is 39.0 Å². The molecule has 0 aromatic heterocycles. The van der Waals surface area contributed by atoms with Gasteiger partial charge in [-0.15, -0.1) is 0 Å². The van der Waals surface area contributed by atoms with Crippen LogP contribution >= 0.6 is 0 Å². The van der Waals surface area contributed by atoms with Gasteiger partial charge in [0.2, 0.25) is 0 Å². The third-order valence-electron chi connectivity index (χ3n) is 1.61. The molecule has 0 aliphatic rings. The van der Waals surface area contributed by atoms with Crippen LogP contribution in [0.25, 0.3) is 0 Å². The van der Waals surface area contributed by atoms with Crippen molar-refractivity contribution in [3.05, 3.63) is 36.0 Å². The van der Waals surface area contributed by atoms with E-state index in [4.69, 9.17) is 4.74 Å². The van der Waals surface area contributed by atoms with E-state index in [0.717, 1.165) is 0 Å². The Morgan fingerprint density at radius 2 is 1.93 bits per heavy atom. The van der Waals surface area contributed by atoms with Crippen molar-refractivity contribution in [2.45, 2.75) is 27.7 Å². The Hall–Kier alpha value is -0.820. The van der Waals surface area contributed by atoms with Crippen LogP contribution < -0.4 is 0 Å². The zero-order valence-corrected chi connectivity index (χ0v) is 10.0. The molecule has 80 valence electrons. The van der Waals surface area contributed by atoms with Crippen molar-refractivity contribution in [1.29, 1.82) is 0 Å². The van der Waals surface area contributed by atoms with Gasteiger partial charge in [-0.05, 0) is 17.9 Å². The topological polar surface area (TPSA) is 9.23 Å². The first kappa shape index (κ1) is 13.2. The van der Waals surface area contributed by atoms with Crippen LogP contribution in [-0.2, 0) is 4.74 Å². The molecule has 0 heterocycles. The molecule has 1 nitrogen and oxygen atoms in total. The second kappa shape index (κ2) is 6.61. The maximum Gasteiger partial charge on any atom is 0.0712 e. The molecule has 0 amide bonds. The second-order valence-corrected chi connectivity index (χ2v) is 4.40. The smallest absolute Gasteiger partial charge is 0.0712 e. The summed E-state index contributed by atoms with van der Waals surface area (Å²) in [6, 6.07) is 0. The third-order valence-corrected chi connectivity index (χ3v) is 1.61. The van der Waals surface area contributed by atoms with Crippen molar-refractivity contribution in [3.63, 3.8) is 0 Å². The first-order chi connectivity index (χ1) is 6.49. The number of hydrogen-bond donors (Lipinski definition) is 0. The molecule has 0 aliphatic heterocycles. The van der Waals surface area contributed by atoms with Gasteiger partial charge in [0.25, 0.3) is 0 Å². The van der Waals surface area contributed by atoms with Crippen LogP contribution in [0.1, 0.15) is 27.7 Å². The summed E-state index contributed by atoms with van der Waals surface area (Å²) in [5, 5.41) is 0. The zero-order chi connectivity index (χ0) is 11.0. The summed E-state index contributed by atoms with van der Waals surface area (Å²) >= 11 is 0. The van der Waals surface area contributed by atoms with Gasteiger partial charge in [0, 0.05) is 7.11 Å². The van der Waals surface area contributed by atoms with Gasteiger partial charge in [0.1, 0.15) is 0 Å². The molecule has 0 aliphatic carbocycles. The van der Waals surface area contributed by atoms with Crippen molar-refractivity contribution in [2.24, 2.45) is 5.41 Å². The summed E-state index contributed by atoms with van der Waals surface area (Å²) in [6.07, 6.45) is 10.4. The minimum Gasteiger partial charge on any atom is -0.380 e. The lowest BCUT2D eigenvalue weighted by atomic mass is 9.95. The summed E-state index contributed by atoms with van der Waals surface area (Å²) in [5.74, 6) is 0. The predicted octanol–water partition coefficient (Wildman–Crippen LogP) is 3.74. The van der Waals surface area contributed by atoms with Gasteiger partial charge in [-0.25, -0.2) is 0 Å². The first-order valence-corrected chi connectivity index (χ1v) is 4.99. The summed E-state index contributed by atoms with van der Waals surface area (Å²) < 4.78 is 5.11. The summed E-state index contributed by atoms with van der Waals surface area (Å²) in [4.78, 5) is 0. The fourth-order valence-electron chi connectivity index (χ4n) is 0.895. The summed E-state index contributed by atoms with van der Waals surface area (Å²) in [6.45, 7) is 9.22. The highest BCUT2D eigenvalue weighted by atomic mass is 16.5. The van der Waals surface area contributed by atoms with Gasteiger partial charge >= 0.3 is 0 Å². The van der Waals surface area contributed by atoms with Crippen LogP contribution in [0.4, 0.5) is 0 Å². The molecular formula is C13H22O. The quantitative estimate of drug-likeness (QED) is 0.619. The first-order valence-electron chi connectivity index (χ1n) is 4.99.